The molecule has 0 aliphatic heterocycles. The standard InChI is InChI=1S/C8H6ClF2NO2/c9-4-2-5(10)3(1-6(4)11)7(12)8(13)14/h1-2,7H,12H2,(H,13,14)/t7-/m0/s1. The zero-order valence-corrected chi connectivity index (χ0v) is 7.55. The topological polar surface area (TPSA) is 63.3 Å². The molecule has 0 heterocycles. The predicted octanol–water partition coefficient (Wildman–Crippen LogP) is 1.70. The maximum Gasteiger partial charge on any atom is 0.325 e. The average Bonchev–Trinajstić information content (AvgIpc) is 2.10. The van der Waals surface area contributed by atoms with Crippen molar-refractivity contribution >= 4 is 17.6 Å². The first kappa shape index (κ1) is 10.9. The highest BCUT2D eigenvalue weighted by Gasteiger charge is 2.20. The van der Waals surface area contributed by atoms with Gasteiger partial charge in [0, 0.05) is 5.56 Å². The van der Waals surface area contributed by atoms with E-state index in [9.17, 15) is 13.6 Å². The van der Waals surface area contributed by atoms with E-state index in [0.29, 0.717) is 12.1 Å². The Labute approximate surface area is 83.1 Å². The van der Waals surface area contributed by atoms with Gasteiger partial charge in [-0.1, -0.05) is 11.6 Å². The summed E-state index contributed by atoms with van der Waals surface area (Å²) in [6.07, 6.45) is 0. The Balaban J connectivity index is 3.22. The monoisotopic (exact) mass is 221 g/mol. The van der Waals surface area contributed by atoms with Gasteiger partial charge in [-0.2, -0.15) is 0 Å². The summed E-state index contributed by atoms with van der Waals surface area (Å²) >= 11 is 5.27. The van der Waals surface area contributed by atoms with Gasteiger partial charge in [-0.25, -0.2) is 8.78 Å². The molecule has 1 atom stereocenters. The van der Waals surface area contributed by atoms with Gasteiger partial charge >= 0.3 is 5.97 Å². The lowest BCUT2D eigenvalue weighted by atomic mass is 10.1. The molecule has 1 aromatic carbocycles. The Bertz CT molecular complexity index is 384. The van der Waals surface area contributed by atoms with Gasteiger partial charge in [-0.3, -0.25) is 4.79 Å². The second-order valence-electron chi connectivity index (χ2n) is 2.60. The van der Waals surface area contributed by atoms with E-state index in [4.69, 9.17) is 22.4 Å². The molecule has 0 fully saturated rings. The van der Waals surface area contributed by atoms with E-state index in [-0.39, 0.29) is 0 Å². The highest BCUT2D eigenvalue weighted by Crippen LogP contribution is 2.22. The van der Waals surface area contributed by atoms with Crippen molar-refractivity contribution in [2.45, 2.75) is 6.04 Å². The number of benzene rings is 1. The van der Waals surface area contributed by atoms with Crippen LogP contribution in [0.5, 0.6) is 0 Å². The number of halogens is 3. The average molecular weight is 222 g/mol. The lowest BCUT2D eigenvalue weighted by Gasteiger charge is -2.08. The lowest BCUT2D eigenvalue weighted by Crippen LogP contribution is -2.22. The summed E-state index contributed by atoms with van der Waals surface area (Å²) in [6.45, 7) is 0. The van der Waals surface area contributed by atoms with Crippen LogP contribution in [-0.2, 0) is 4.79 Å². The van der Waals surface area contributed by atoms with Crippen molar-refractivity contribution in [3.8, 4) is 0 Å². The molecule has 0 amide bonds. The van der Waals surface area contributed by atoms with Crippen molar-refractivity contribution in [1.82, 2.24) is 0 Å². The number of rotatable bonds is 2. The van der Waals surface area contributed by atoms with Gasteiger partial charge < -0.3 is 10.8 Å². The van der Waals surface area contributed by atoms with Crippen molar-refractivity contribution in [1.29, 1.82) is 0 Å². The minimum absolute atomic E-state index is 0.413. The van der Waals surface area contributed by atoms with Crippen LogP contribution in [0.25, 0.3) is 0 Å². The van der Waals surface area contributed by atoms with E-state index in [1.807, 2.05) is 0 Å². The van der Waals surface area contributed by atoms with Crippen molar-refractivity contribution in [2.75, 3.05) is 0 Å². The van der Waals surface area contributed by atoms with E-state index >= 15 is 0 Å². The predicted molar refractivity (Wildman–Crippen MR) is 45.9 cm³/mol. The van der Waals surface area contributed by atoms with Gasteiger partial charge in [0.05, 0.1) is 5.02 Å². The molecule has 1 aromatic rings. The third-order valence-electron chi connectivity index (χ3n) is 1.64. The van der Waals surface area contributed by atoms with Crippen LogP contribution in [-0.4, -0.2) is 11.1 Å². The van der Waals surface area contributed by atoms with Gasteiger partial charge in [0.1, 0.15) is 17.7 Å². The number of nitrogens with two attached hydrogens (primary N) is 1. The summed E-state index contributed by atoms with van der Waals surface area (Å²) in [5, 5.41) is 8.06. The fourth-order valence-electron chi connectivity index (χ4n) is 0.909. The Kier molecular flexibility index (Phi) is 3.03. The Morgan fingerprint density at radius 2 is 2.00 bits per heavy atom. The molecule has 0 saturated carbocycles. The Hall–Kier alpha value is -1.20. The second kappa shape index (κ2) is 3.89. The highest BCUT2D eigenvalue weighted by molar-refractivity contribution is 6.30. The minimum atomic E-state index is -1.60. The first-order chi connectivity index (χ1) is 6.43. The van der Waals surface area contributed by atoms with Crippen LogP contribution in [0.1, 0.15) is 11.6 Å². The molecule has 0 unspecified atom stereocenters. The zero-order chi connectivity index (χ0) is 10.9. The van der Waals surface area contributed by atoms with Crippen molar-refractivity contribution < 1.29 is 18.7 Å². The molecule has 1 rings (SSSR count). The maximum absolute atomic E-state index is 13.0. The largest absolute Gasteiger partial charge is 0.480 e. The zero-order valence-electron chi connectivity index (χ0n) is 6.80. The number of carboxylic acids is 1. The van der Waals surface area contributed by atoms with Crippen LogP contribution in [0.15, 0.2) is 12.1 Å². The van der Waals surface area contributed by atoms with Crippen LogP contribution >= 0.6 is 11.6 Å². The summed E-state index contributed by atoms with van der Waals surface area (Å²) in [5.41, 5.74) is 4.68. The number of hydrogen-bond acceptors (Lipinski definition) is 2. The Morgan fingerprint density at radius 3 is 2.50 bits per heavy atom. The van der Waals surface area contributed by atoms with E-state index in [1.165, 1.54) is 0 Å². The van der Waals surface area contributed by atoms with E-state index in [1.54, 1.807) is 0 Å². The molecule has 0 spiro atoms. The molecule has 0 aliphatic rings. The van der Waals surface area contributed by atoms with Gasteiger partial charge in [0.2, 0.25) is 0 Å². The van der Waals surface area contributed by atoms with Gasteiger partial charge in [-0.15, -0.1) is 0 Å². The number of carbonyl (C=O) groups is 1. The number of hydrogen-bond donors (Lipinski definition) is 2. The third-order valence-corrected chi connectivity index (χ3v) is 1.93. The summed E-state index contributed by atoms with van der Waals surface area (Å²) in [7, 11) is 0. The van der Waals surface area contributed by atoms with Gasteiger partial charge in [0.25, 0.3) is 0 Å². The lowest BCUT2D eigenvalue weighted by molar-refractivity contribution is -0.138. The van der Waals surface area contributed by atoms with Crippen LogP contribution < -0.4 is 5.73 Å². The van der Waals surface area contributed by atoms with E-state index < -0.39 is 34.2 Å². The molecule has 0 radical (unpaired) electrons. The van der Waals surface area contributed by atoms with Crippen molar-refractivity contribution in [3.05, 3.63) is 34.4 Å². The SMILES string of the molecule is N[C@H](C(=O)O)c1cc(F)c(Cl)cc1F. The summed E-state index contributed by atoms with van der Waals surface area (Å²) in [5.74, 6) is -3.28. The molecule has 0 aromatic heterocycles. The van der Waals surface area contributed by atoms with E-state index in [2.05, 4.69) is 0 Å². The van der Waals surface area contributed by atoms with Crippen LogP contribution in [0, 0.1) is 11.6 Å². The van der Waals surface area contributed by atoms with Crippen molar-refractivity contribution in [2.24, 2.45) is 5.73 Å². The molecular formula is C8H6ClF2NO2. The molecule has 76 valence electrons. The molecule has 6 heteroatoms. The molecule has 14 heavy (non-hydrogen) atoms. The smallest absolute Gasteiger partial charge is 0.325 e. The molecule has 3 N–H and O–H groups in total. The summed E-state index contributed by atoms with van der Waals surface area (Å²) < 4.78 is 25.9. The number of aliphatic carboxylic acids is 1. The first-order valence-electron chi connectivity index (χ1n) is 3.56. The van der Waals surface area contributed by atoms with E-state index in [0.717, 1.165) is 0 Å². The second-order valence-corrected chi connectivity index (χ2v) is 3.01. The fourth-order valence-corrected chi connectivity index (χ4v) is 1.06. The maximum atomic E-state index is 13.0. The number of carboxylic acid groups (broad SMARTS) is 1. The van der Waals surface area contributed by atoms with Crippen molar-refractivity contribution in [3.63, 3.8) is 0 Å². The summed E-state index contributed by atoms with van der Waals surface area (Å²) in [4.78, 5) is 10.4. The van der Waals surface area contributed by atoms with Crippen LogP contribution in [0.2, 0.25) is 5.02 Å². The molecule has 0 saturated heterocycles. The molecular weight excluding hydrogens is 216 g/mol. The van der Waals surface area contributed by atoms with Crippen LogP contribution in [0.3, 0.4) is 0 Å². The van der Waals surface area contributed by atoms with Gasteiger partial charge in [0.15, 0.2) is 0 Å². The molecule has 0 aliphatic carbocycles. The Morgan fingerprint density at radius 1 is 1.43 bits per heavy atom. The fraction of sp³-hybridized carbons (Fsp3) is 0.125. The highest BCUT2D eigenvalue weighted by atomic mass is 35.5. The van der Waals surface area contributed by atoms with Crippen LogP contribution in [0.4, 0.5) is 8.78 Å². The molecule has 3 nitrogen and oxygen atoms in total. The normalized spacial score (nSPS) is 12.6. The first-order valence-corrected chi connectivity index (χ1v) is 3.94. The summed E-state index contributed by atoms with van der Waals surface area (Å²) in [6, 6.07) is -0.229. The minimum Gasteiger partial charge on any atom is -0.480 e. The molecule has 0 bridgehead atoms. The van der Waals surface area contributed by atoms with Gasteiger partial charge in [-0.05, 0) is 12.1 Å². The quantitative estimate of drug-likeness (QED) is 0.748. The third kappa shape index (κ3) is 2.00.